The van der Waals surface area contributed by atoms with Gasteiger partial charge in [-0.3, -0.25) is 0 Å². The second kappa shape index (κ2) is 11.0. The van der Waals surface area contributed by atoms with E-state index in [1.807, 2.05) is 17.8 Å². The Morgan fingerprint density at radius 3 is 2.57 bits per heavy atom. The van der Waals surface area contributed by atoms with Crippen LogP contribution in [0.1, 0.15) is 31.9 Å². The van der Waals surface area contributed by atoms with Gasteiger partial charge in [-0.05, 0) is 45.6 Å². The van der Waals surface area contributed by atoms with Crippen LogP contribution in [-0.4, -0.2) is 37.2 Å². The summed E-state index contributed by atoms with van der Waals surface area (Å²) < 4.78 is 5.61. The Bertz CT molecular complexity index is 507. The summed E-state index contributed by atoms with van der Waals surface area (Å²) in [6.07, 6.45) is 2.13. The number of guanidine groups is 1. The predicted molar refractivity (Wildman–Crippen MR) is 114 cm³/mol. The van der Waals surface area contributed by atoms with Crippen LogP contribution < -0.4 is 15.4 Å². The number of rotatable bonds is 7. The van der Waals surface area contributed by atoms with E-state index in [1.54, 1.807) is 7.11 Å². The van der Waals surface area contributed by atoms with Gasteiger partial charge in [-0.15, -0.1) is 24.0 Å². The first-order valence-electron chi connectivity index (χ1n) is 7.62. The van der Waals surface area contributed by atoms with Crippen LogP contribution in [0, 0.1) is 6.92 Å². The minimum absolute atomic E-state index is 0. The molecule has 0 amide bonds. The lowest BCUT2D eigenvalue weighted by Gasteiger charge is -2.23. The van der Waals surface area contributed by atoms with Crippen molar-refractivity contribution in [1.82, 2.24) is 10.6 Å². The first-order chi connectivity index (χ1) is 10.4. The van der Waals surface area contributed by atoms with E-state index < -0.39 is 0 Å². The topological polar surface area (TPSA) is 45.7 Å². The molecule has 0 spiro atoms. The number of nitrogens with zero attached hydrogens (tertiary/aromatic N) is 1. The molecule has 0 aromatic heterocycles. The van der Waals surface area contributed by atoms with Crippen LogP contribution in [0.15, 0.2) is 23.2 Å². The monoisotopic (exact) mass is 451 g/mol. The van der Waals surface area contributed by atoms with Gasteiger partial charge >= 0.3 is 0 Å². The van der Waals surface area contributed by atoms with Gasteiger partial charge in [0.2, 0.25) is 0 Å². The second-order valence-corrected chi connectivity index (χ2v) is 7.34. The highest BCUT2D eigenvalue weighted by Crippen LogP contribution is 2.21. The normalized spacial score (nSPS) is 11.7. The maximum Gasteiger partial charge on any atom is 0.191 e. The van der Waals surface area contributed by atoms with Crippen molar-refractivity contribution >= 4 is 41.7 Å². The fraction of sp³-hybridized carbons (Fsp3) is 0.588. The van der Waals surface area contributed by atoms with Crippen LogP contribution in [0.25, 0.3) is 0 Å². The molecule has 0 unspecified atom stereocenters. The van der Waals surface area contributed by atoms with E-state index in [4.69, 9.17) is 4.74 Å². The van der Waals surface area contributed by atoms with E-state index in [9.17, 15) is 0 Å². The van der Waals surface area contributed by atoms with Gasteiger partial charge in [0.25, 0.3) is 0 Å². The molecule has 0 fully saturated rings. The van der Waals surface area contributed by atoms with E-state index in [2.05, 4.69) is 61.7 Å². The molecular formula is C17H30IN3OS. The van der Waals surface area contributed by atoms with E-state index in [0.717, 1.165) is 30.4 Å². The van der Waals surface area contributed by atoms with Crippen LogP contribution in [0.2, 0.25) is 0 Å². The van der Waals surface area contributed by atoms with Crippen LogP contribution in [0.5, 0.6) is 5.75 Å². The van der Waals surface area contributed by atoms with Crippen molar-refractivity contribution in [1.29, 1.82) is 0 Å². The summed E-state index contributed by atoms with van der Waals surface area (Å²) in [5, 5.41) is 6.70. The summed E-state index contributed by atoms with van der Waals surface area (Å²) in [6, 6.07) is 6.21. The molecule has 0 atom stereocenters. The molecule has 132 valence electrons. The van der Waals surface area contributed by atoms with Crippen LogP contribution in [0.3, 0.4) is 0 Å². The minimum atomic E-state index is 0. The molecule has 0 radical (unpaired) electrons. The Kier molecular flexibility index (Phi) is 10.7. The summed E-state index contributed by atoms with van der Waals surface area (Å²) in [5.74, 6) is 1.73. The predicted octanol–water partition coefficient (Wildman–Crippen LogP) is 3.82. The Morgan fingerprint density at radius 1 is 1.30 bits per heavy atom. The van der Waals surface area contributed by atoms with Gasteiger partial charge in [0, 0.05) is 23.4 Å². The molecule has 4 nitrogen and oxygen atoms in total. The lowest BCUT2D eigenvalue weighted by molar-refractivity contribution is 0.409. The SMILES string of the molecule is CCNC(=NCc1ccc(C)cc1OC)NCC(C)(C)SC.I. The molecule has 2 N–H and O–H groups in total. The quantitative estimate of drug-likeness (QED) is 0.376. The van der Waals surface area contributed by atoms with Gasteiger partial charge < -0.3 is 15.4 Å². The number of nitrogens with one attached hydrogen (secondary N) is 2. The van der Waals surface area contributed by atoms with Crippen molar-refractivity contribution in [2.75, 3.05) is 26.5 Å². The highest BCUT2D eigenvalue weighted by molar-refractivity contribution is 14.0. The van der Waals surface area contributed by atoms with Crippen molar-refractivity contribution in [3.05, 3.63) is 29.3 Å². The molecule has 1 aromatic carbocycles. The number of hydrogen-bond donors (Lipinski definition) is 2. The third-order valence-electron chi connectivity index (χ3n) is 3.43. The molecule has 0 aliphatic carbocycles. The summed E-state index contributed by atoms with van der Waals surface area (Å²) in [4.78, 5) is 4.66. The van der Waals surface area contributed by atoms with Crippen molar-refractivity contribution in [3.8, 4) is 5.75 Å². The van der Waals surface area contributed by atoms with Gasteiger partial charge in [0.1, 0.15) is 5.75 Å². The van der Waals surface area contributed by atoms with Crippen molar-refractivity contribution < 1.29 is 4.74 Å². The first kappa shape index (κ1) is 22.4. The lowest BCUT2D eigenvalue weighted by Crippen LogP contribution is -2.43. The number of halogens is 1. The maximum absolute atomic E-state index is 5.44. The highest BCUT2D eigenvalue weighted by atomic mass is 127. The smallest absolute Gasteiger partial charge is 0.191 e. The number of aryl methyl sites for hydroxylation is 1. The molecule has 1 rings (SSSR count). The van der Waals surface area contributed by atoms with Crippen LogP contribution in [0.4, 0.5) is 0 Å². The third-order valence-corrected chi connectivity index (χ3v) is 4.68. The lowest BCUT2D eigenvalue weighted by atomic mass is 10.1. The second-order valence-electron chi connectivity index (χ2n) is 5.83. The molecular weight excluding hydrogens is 421 g/mol. The summed E-state index contributed by atoms with van der Waals surface area (Å²) in [5.41, 5.74) is 2.28. The van der Waals surface area contributed by atoms with Crippen molar-refractivity contribution in [3.63, 3.8) is 0 Å². The molecule has 0 saturated heterocycles. The first-order valence-corrected chi connectivity index (χ1v) is 8.85. The van der Waals surface area contributed by atoms with Gasteiger partial charge in [0.15, 0.2) is 5.96 Å². The van der Waals surface area contributed by atoms with E-state index >= 15 is 0 Å². The van der Waals surface area contributed by atoms with Gasteiger partial charge in [0.05, 0.1) is 13.7 Å². The van der Waals surface area contributed by atoms with Gasteiger partial charge in [-0.25, -0.2) is 4.99 Å². The van der Waals surface area contributed by atoms with Gasteiger partial charge in [-0.2, -0.15) is 11.8 Å². The number of methoxy groups -OCH3 is 1. The fourth-order valence-corrected chi connectivity index (χ4v) is 2.07. The Balaban J connectivity index is 0.00000484. The van der Waals surface area contributed by atoms with Crippen molar-refractivity contribution in [2.24, 2.45) is 4.99 Å². The molecule has 1 aromatic rings. The number of benzene rings is 1. The van der Waals surface area contributed by atoms with E-state index in [0.29, 0.717) is 6.54 Å². The highest BCUT2D eigenvalue weighted by Gasteiger charge is 2.16. The summed E-state index contributed by atoms with van der Waals surface area (Å²) >= 11 is 1.84. The zero-order valence-electron chi connectivity index (χ0n) is 15.0. The standard InChI is InChI=1S/C17H29N3OS.HI/c1-7-18-16(20-12-17(3,4)22-6)19-11-14-9-8-13(2)10-15(14)21-5;/h8-10H,7,11-12H2,1-6H3,(H2,18,19,20);1H. The van der Waals surface area contributed by atoms with Crippen molar-refractivity contribution in [2.45, 2.75) is 39.0 Å². The average Bonchev–Trinajstić information content (AvgIpc) is 2.50. The molecule has 6 heteroatoms. The number of hydrogen-bond acceptors (Lipinski definition) is 3. The summed E-state index contributed by atoms with van der Waals surface area (Å²) in [7, 11) is 1.70. The molecule has 0 bridgehead atoms. The fourth-order valence-electron chi connectivity index (χ4n) is 1.86. The zero-order chi connectivity index (χ0) is 16.6. The molecule has 23 heavy (non-hydrogen) atoms. The Morgan fingerprint density at radius 2 is 2.00 bits per heavy atom. The molecule has 0 aliphatic rings. The third kappa shape index (κ3) is 8.15. The number of aliphatic imine (C=N–C) groups is 1. The Hall–Kier alpha value is -0.630. The number of ether oxygens (including phenoxy) is 1. The molecule has 0 saturated carbocycles. The van der Waals surface area contributed by atoms with Crippen LogP contribution in [-0.2, 0) is 6.54 Å². The largest absolute Gasteiger partial charge is 0.496 e. The number of thioether (sulfide) groups is 1. The van der Waals surface area contributed by atoms with Crippen LogP contribution >= 0.6 is 35.7 Å². The van der Waals surface area contributed by atoms with Gasteiger partial charge in [-0.1, -0.05) is 12.1 Å². The maximum atomic E-state index is 5.44. The molecule has 0 heterocycles. The Labute approximate surface area is 162 Å². The minimum Gasteiger partial charge on any atom is -0.496 e. The van der Waals surface area contributed by atoms with E-state index in [-0.39, 0.29) is 28.7 Å². The molecule has 0 aliphatic heterocycles. The average molecular weight is 451 g/mol. The zero-order valence-corrected chi connectivity index (χ0v) is 18.2. The summed E-state index contributed by atoms with van der Waals surface area (Å²) in [6.45, 7) is 10.9. The van der Waals surface area contributed by atoms with E-state index in [1.165, 1.54) is 5.56 Å².